The molecule has 2 aliphatic rings. The predicted octanol–water partition coefficient (Wildman–Crippen LogP) is 2.38. The quantitative estimate of drug-likeness (QED) is 0.786. The fraction of sp³-hybridized carbons (Fsp3) is 0.294. The van der Waals surface area contributed by atoms with E-state index in [-0.39, 0.29) is 11.2 Å². The van der Waals surface area contributed by atoms with Crippen molar-refractivity contribution in [2.24, 2.45) is 4.99 Å². The Kier molecular flexibility index (Phi) is 4.84. The minimum absolute atomic E-state index is 0.00937. The van der Waals surface area contributed by atoms with Crippen molar-refractivity contribution >= 4 is 27.8 Å². The number of hydrogen-bond donors (Lipinski definition) is 1. The summed E-state index contributed by atoms with van der Waals surface area (Å²) >= 11 is 0. The molecule has 1 aliphatic heterocycles. The summed E-state index contributed by atoms with van der Waals surface area (Å²) in [5.41, 5.74) is 4.17. The van der Waals surface area contributed by atoms with Crippen LogP contribution in [0.2, 0.25) is 0 Å². The van der Waals surface area contributed by atoms with Gasteiger partial charge in [-0.1, -0.05) is 20.8 Å². The Morgan fingerprint density at radius 2 is 1.79 bits per heavy atom. The molecule has 24 heavy (non-hydrogen) atoms. The Hall–Kier alpha value is -2.54. The van der Waals surface area contributed by atoms with Gasteiger partial charge in [0.15, 0.2) is 5.78 Å². The Labute approximate surface area is 141 Å². The number of nitrogens with zero attached hydrogens (tertiary/aromatic N) is 1. The zero-order valence-electron chi connectivity index (χ0n) is 13.5. The Balaban J connectivity index is 0.000000471. The first kappa shape index (κ1) is 17.8. The Morgan fingerprint density at radius 1 is 1.17 bits per heavy atom. The molecule has 1 N–H and O–H groups in total. The SMILES string of the molecule is CCc1cc2c(cc1O)C(C)(C)C1=CC(=O)C=CC1=N2.O=S(=O)=O. The molecule has 7 heteroatoms. The van der Waals surface area contributed by atoms with E-state index in [0.29, 0.717) is 5.75 Å². The van der Waals surface area contributed by atoms with E-state index in [1.165, 1.54) is 0 Å². The van der Waals surface area contributed by atoms with E-state index < -0.39 is 10.6 Å². The molecule has 1 aliphatic carbocycles. The standard InChI is InChI=1S/C17H17NO2.O3S/c1-4-10-7-15-13(9-16(10)20)17(2,3)12-8-11(19)5-6-14(12)18-15;1-4(2)3/h5-9,20H,4H2,1-3H3;. The largest absolute Gasteiger partial charge is 0.508 e. The van der Waals surface area contributed by atoms with Crippen molar-refractivity contribution < 1.29 is 22.5 Å². The number of rotatable bonds is 1. The van der Waals surface area contributed by atoms with Gasteiger partial charge in [-0.2, -0.15) is 0 Å². The minimum atomic E-state index is -3.11. The van der Waals surface area contributed by atoms with Crippen LogP contribution in [0, 0.1) is 0 Å². The highest BCUT2D eigenvalue weighted by Gasteiger charge is 2.36. The number of fused-ring (bicyclic) bond motifs is 2. The van der Waals surface area contributed by atoms with Gasteiger partial charge in [0.2, 0.25) is 0 Å². The smallest absolute Gasteiger partial charge is 0.425 e. The van der Waals surface area contributed by atoms with Crippen LogP contribution >= 0.6 is 0 Å². The second-order valence-corrected chi connectivity index (χ2v) is 6.38. The third kappa shape index (κ3) is 3.35. The van der Waals surface area contributed by atoms with Crippen molar-refractivity contribution in [1.82, 2.24) is 0 Å². The summed E-state index contributed by atoms with van der Waals surface area (Å²) in [6.45, 7) is 6.13. The van der Waals surface area contributed by atoms with Crippen LogP contribution in [0.1, 0.15) is 31.9 Å². The number of allylic oxidation sites excluding steroid dienone is 4. The Morgan fingerprint density at radius 3 is 2.38 bits per heavy atom. The van der Waals surface area contributed by atoms with E-state index in [1.807, 2.05) is 13.0 Å². The van der Waals surface area contributed by atoms with E-state index in [2.05, 4.69) is 18.8 Å². The van der Waals surface area contributed by atoms with Crippen LogP contribution in [0.15, 0.2) is 40.9 Å². The highest BCUT2D eigenvalue weighted by molar-refractivity contribution is 7.59. The number of benzene rings is 1. The molecule has 3 rings (SSSR count). The van der Waals surface area contributed by atoms with Crippen LogP contribution < -0.4 is 0 Å². The fourth-order valence-corrected chi connectivity index (χ4v) is 2.88. The van der Waals surface area contributed by atoms with Gasteiger partial charge in [-0.15, -0.1) is 12.6 Å². The summed E-state index contributed by atoms with van der Waals surface area (Å²) in [5, 5.41) is 10.1. The lowest BCUT2D eigenvalue weighted by molar-refractivity contribution is -0.110. The summed E-state index contributed by atoms with van der Waals surface area (Å²) in [7, 11) is -3.11. The fourth-order valence-electron chi connectivity index (χ4n) is 2.88. The molecule has 0 saturated carbocycles. The van der Waals surface area contributed by atoms with Crippen LogP contribution in [0.5, 0.6) is 5.75 Å². The van der Waals surface area contributed by atoms with Crippen LogP contribution in [-0.4, -0.2) is 29.2 Å². The first-order chi connectivity index (χ1) is 11.2. The van der Waals surface area contributed by atoms with E-state index in [4.69, 9.17) is 12.6 Å². The maximum atomic E-state index is 11.6. The van der Waals surface area contributed by atoms with Gasteiger partial charge in [0, 0.05) is 5.41 Å². The molecule has 0 amide bonds. The molecule has 1 heterocycles. The third-order valence-corrected chi connectivity index (χ3v) is 4.13. The van der Waals surface area contributed by atoms with Gasteiger partial charge >= 0.3 is 10.6 Å². The number of hydrogen-bond acceptors (Lipinski definition) is 6. The number of carbonyl (C=O) groups excluding carboxylic acids is 1. The Bertz CT molecular complexity index is 899. The number of phenolic OH excluding ortho intramolecular Hbond substituents is 1. The zero-order valence-corrected chi connectivity index (χ0v) is 14.3. The molecular weight excluding hydrogens is 330 g/mol. The van der Waals surface area contributed by atoms with Crippen LogP contribution in [-0.2, 0) is 27.2 Å². The van der Waals surface area contributed by atoms with Crippen LogP contribution in [0.25, 0.3) is 0 Å². The number of carbonyl (C=O) groups is 1. The van der Waals surface area contributed by atoms with Crippen molar-refractivity contribution in [3.63, 3.8) is 0 Å². The molecule has 6 nitrogen and oxygen atoms in total. The molecule has 0 atom stereocenters. The minimum Gasteiger partial charge on any atom is -0.508 e. The summed E-state index contributed by atoms with van der Waals surface area (Å²) in [6, 6.07) is 3.73. The van der Waals surface area contributed by atoms with Gasteiger partial charge < -0.3 is 5.11 Å². The maximum Gasteiger partial charge on any atom is 0.425 e. The second-order valence-electron chi connectivity index (χ2n) is 5.97. The number of ketones is 1. The zero-order chi connectivity index (χ0) is 18.1. The summed E-state index contributed by atoms with van der Waals surface area (Å²) in [6.07, 6.45) is 5.74. The molecule has 1 aromatic rings. The lowest BCUT2D eigenvalue weighted by atomic mass is 9.71. The van der Waals surface area contributed by atoms with Gasteiger partial charge in [-0.05, 0) is 53.5 Å². The average Bonchev–Trinajstić information content (AvgIpc) is 2.48. The first-order valence-electron chi connectivity index (χ1n) is 7.33. The van der Waals surface area contributed by atoms with Gasteiger partial charge in [0.05, 0.1) is 11.4 Å². The highest BCUT2D eigenvalue weighted by Crippen LogP contribution is 2.45. The van der Waals surface area contributed by atoms with Gasteiger partial charge in [-0.25, -0.2) is 4.99 Å². The van der Waals surface area contributed by atoms with Crippen molar-refractivity contribution in [1.29, 1.82) is 0 Å². The molecule has 0 radical (unpaired) electrons. The molecule has 1 aromatic carbocycles. The molecular formula is C17H17NO5S. The third-order valence-electron chi connectivity index (χ3n) is 4.13. The van der Waals surface area contributed by atoms with Crippen molar-refractivity contribution in [2.45, 2.75) is 32.6 Å². The van der Waals surface area contributed by atoms with E-state index in [0.717, 1.165) is 34.5 Å². The molecule has 126 valence electrons. The summed E-state index contributed by atoms with van der Waals surface area (Å²) < 4.78 is 25.3. The number of phenols is 1. The van der Waals surface area contributed by atoms with E-state index in [1.54, 1.807) is 24.3 Å². The van der Waals surface area contributed by atoms with Gasteiger partial charge in [0.25, 0.3) is 0 Å². The van der Waals surface area contributed by atoms with Gasteiger partial charge in [0.1, 0.15) is 5.75 Å². The summed E-state index contributed by atoms with van der Waals surface area (Å²) in [5.74, 6) is 0.293. The van der Waals surface area contributed by atoms with Crippen molar-refractivity contribution in [2.75, 3.05) is 0 Å². The normalized spacial score (nSPS) is 16.9. The highest BCUT2D eigenvalue weighted by atomic mass is 32.2. The molecule has 0 unspecified atom stereocenters. The molecule has 0 aromatic heterocycles. The summed E-state index contributed by atoms with van der Waals surface area (Å²) in [4.78, 5) is 16.3. The molecule has 0 spiro atoms. The number of aromatic hydroxyl groups is 1. The lowest BCUT2D eigenvalue weighted by Crippen LogP contribution is -2.30. The number of aryl methyl sites for hydroxylation is 1. The van der Waals surface area contributed by atoms with E-state index >= 15 is 0 Å². The van der Waals surface area contributed by atoms with Crippen LogP contribution in [0.4, 0.5) is 5.69 Å². The van der Waals surface area contributed by atoms with Crippen molar-refractivity contribution in [3.8, 4) is 5.75 Å². The topological polar surface area (TPSA) is 101 Å². The molecule has 0 fully saturated rings. The molecule has 0 saturated heterocycles. The first-order valence-corrected chi connectivity index (χ1v) is 8.33. The number of aliphatic imine (C=N–C) groups is 1. The average molecular weight is 347 g/mol. The van der Waals surface area contributed by atoms with Gasteiger partial charge in [-0.3, -0.25) is 4.79 Å². The second kappa shape index (κ2) is 6.52. The van der Waals surface area contributed by atoms with Crippen LogP contribution in [0.3, 0.4) is 0 Å². The van der Waals surface area contributed by atoms with E-state index in [9.17, 15) is 9.90 Å². The predicted molar refractivity (Wildman–Crippen MR) is 89.5 cm³/mol. The molecule has 0 bridgehead atoms. The monoisotopic (exact) mass is 347 g/mol. The lowest BCUT2D eigenvalue weighted by Gasteiger charge is -2.35. The maximum absolute atomic E-state index is 11.6. The van der Waals surface area contributed by atoms with Crippen molar-refractivity contribution in [3.05, 3.63) is 47.1 Å².